The second-order valence-corrected chi connectivity index (χ2v) is 3.51. The van der Waals surface area contributed by atoms with Crippen LogP contribution >= 0.6 is 0 Å². The molecule has 0 bridgehead atoms. The third-order valence-electron chi connectivity index (χ3n) is 2.18. The van der Waals surface area contributed by atoms with Gasteiger partial charge in [-0.15, -0.1) is 0 Å². The maximum atomic E-state index is 12.0. The van der Waals surface area contributed by atoms with Gasteiger partial charge in [0.05, 0.1) is 4.92 Å². The molecule has 104 valence electrons. The van der Waals surface area contributed by atoms with Crippen molar-refractivity contribution in [1.29, 1.82) is 0 Å². The van der Waals surface area contributed by atoms with Crippen LogP contribution in [0.25, 0.3) is 0 Å². The number of nitro benzene ring substituents is 1. The van der Waals surface area contributed by atoms with E-state index in [1.807, 2.05) is 0 Å². The topological polar surface area (TPSA) is 84.3 Å². The number of hydrogen-bond donors (Lipinski definition) is 2. The molecule has 2 N–H and O–H groups in total. The van der Waals surface area contributed by atoms with Gasteiger partial charge in [-0.3, -0.25) is 14.9 Å². The van der Waals surface area contributed by atoms with Crippen molar-refractivity contribution in [2.24, 2.45) is 0 Å². The molecule has 1 aromatic carbocycles. The lowest BCUT2D eigenvalue weighted by molar-refractivity contribution is -0.384. The van der Waals surface area contributed by atoms with Gasteiger partial charge in [-0.05, 0) is 12.1 Å². The Kier molecular flexibility index (Phi) is 4.30. The first-order valence-electron chi connectivity index (χ1n) is 5.06. The molecular weight excluding hydrogens is 267 g/mol. The van der Waals surface area contributed by atoms with E-state index in [-0.39, 0.29) is 5.69 Å². The quantitative estimate of drug-likeness (QED) is 0.650. The third kappa shape index (κ3) is 3.83. The van der Waals surface area contributed by atoms with Gasteiger partial charge in [0.1, 0.15) is 17.8 Å². The fraction of sp³-hybridized carbons (Fsp3) is 0.300. The summed E-state index contributed by atoms with van der Waals surface area (Å²) in [5.41, 5.74) is -0.949. The summed E-state index contributed by atoms with van der Waals surface area (Å²) in [6.07, 6.45) is -4.58. The smallest absolute Gasteiger partial charge is 0.383 e. The Balaban J connectivity index is 3.06. The Morgan fingerprint density at radius 3 is 2.53 bits per heavy atom. The molecule has 0 fully saturated rings. The molecule has 0 radical (unpaired) electrons. The first-order valence-corrected chi connectivity index (χ1v) is 5.06. The van der Waals surface area contributed by atoms with Crippen molar-refractivity contribution in [2.45, 2.75) is 6.18 Å². The lowest BCUT2D eigenvalue weighted by atomic mass is 10.1. The van der Waals surface area contributed by atoms with E-state index in [9.17, 15) is 28.1 Å². The second kappa shape index (κ2) is 5.55. The van der Waals surface area contributed by atoms with Crippen molar-refractivity contribution < 1.29 is 22.9 Å². The van der Waals surface area contributed by atoms with E-state index < -0.39 is 34.8 Å². The van der Waals surface area contributed by atoms with E-state index in [0.717, 1.165) is 6.07 Å². The van der Waals surface area contributed by atoms with E-state index in [1.54, 1.807) is 5.32 Å². The van der Waals surface area contributed by atoms with Crippen molar-refractivity contribution >= 4 is 17.3 Å². The summed E-state index contributed by atoms with van der Waals surface area (Å²) in [5.74, 6) is -1.15. The van der Waals surface area contributed by atoms with Gasteiger partial charge in [-0.1, -0.05) is 6.07 Å². The molecule has 0 aliphatic rings. The van der Waals surface area contributed by atoms with E-state index in [4.69, 9.17) is 0 Å². The second-order valence-electron chi connectivity index (χ2n) is 3.51. The van der Waals surface area contributed by atoms with Crippen LogP contribution in [0.3, 0.4) is 0 Å². The normalized spacial score (nSPS) is 10.9. The summed E-state index contributed by atoms with van der Waals surface area (Å²) < 4.78 is 35.9. The van der Waals surface area contributed by atoms with Crippen LogP contribution in [0.4, 0.5) is 24.5 Å². The molecule has 0 aliphatic carbocycles. The Morgan fingerprint density at radius 1 is 1.42 bits per heavy atom. The minimum Gasteiger partial charge on any atom is -0.383 e. The SMILES string of the molecule is CNc1cccc(C(=O)NCC(F)(F)F)c1[N+](=O)[O-]. The number of nitrogens with zero attached hydrogens (tertiary/aromatic N) is 1. The molecule has 0 saturated carbocycles. The molecule has 19 heavy (non-hydrogen) atoms. The molecular formula is C10H10F3N3O3. The number of para-hydroxylation sites is 1. The minimum atomic E-state index is -4.58. The number of hydrogen-bond acceptors (Lipinski definition) is 4. The van der Waals surface area contributed by atoms with Gasteiger partial charge < -0.3 is 10.6 Å². The molecule has 0 saturated heterocycles. The minimum absolute atomic E-state index is 0.0460. The largest absolute Gasteiger partial charge is 0.405 e. The zero-order valence-electron chi connectivity index (χ0n) is 9.75. The standard InChI is InChI=1S/C10H10F3N3O3/c1-14-7-4-2-3-6(8(7)16(18)19)9(17)15-5-10(11,12)13/h2-4,14H,5H2,1H3,(H,15,17). The summed E-state index contributed by atoms with van der Waals surface area (Å²) >= 11 is 0. The van der Waals surface area contributed by atoms with Gasteiger partial charge in [0.15, 0.2) is 0 Å². The maximum Gasteiger partial charge on any atom is 0.405 e. The number of carbonyl (C=O) groups is 1. The van der Waals surface area contributed by atoms with Gasteiger partial charge >= 0.3 is 11.9 Å². The van der Waals surface area contributed by atoms with Crippen LogP contribution in [0.15, 0.2) is 18.2 Å². The van der Waals surface area contributed by atoms with E-state index in [1.165, 1.54) is 19.2 Å². The van der Waals surface area contributed by atoms with Crippen LogP contribution in [0, 0.1) is 10.1 Å². The lowest BCUT2D eigenvalue weighted by Gasteiger charge is -2.10. The predicted molar refractivity (Wildman–Crippen MR) is 61.0 cm³/mol. The van der Waals surface area contributed by atoms with E-state index >= 15 is 0 Å². The Morgan fingerprint density at radius 2 is 2.05 bits per heavy atom. The monoisotopic (exact) mass is 277 g/mol. The molecule has 1 aromatic rings. The molecule has 1 rings (SSSR count). The van der Waals surface area contributed by atoms with Gasteiger partial charge in [0, 0.05) is 7.05 Å². The predicted octanol–water partition coefficient (Wildman–Crippen LogP) is 1.93. The van der Waals surface area contributed by atoms with E-state index in [0.29, 0.717) is 0 Å². The molecule has 0 spiro atoms. The summed E-state index contributed by atoms with van der Waals surface area (Å²) in [7, 11) is 1.40. The third-order valence-corrected chi connectivity index (χ3v) is 2.18. The van der Waals surface area contributed by atoms with Crippen LogP contribution in [0.2, 0.25) is 0 Å². The van der Waals surface area contributed by atoms with Crippen LogP contribution in [-0.4, -0.2) is 30.6 Å². The fourth-order valence-electron chi connectivity index (χ4n) is 1.40. The molecule has 0 aliphatic heterocycles. The van der Waals surface area contributed by atoms with Gasteiger partial charge in [0.25, 0.3) is 5.91 Å². The molecule has 9 heteroatoms. The van der Waals surface area contributed by atoms with Gasteiger partial charge in [-0.2, -0.15) is 13.2 Å². The zero-order chi connectivity index (χ0) is 14.6. The highest BCUT2D eigenvalue weighted by molar-refractivity contribution is 6.00. The number of rotatable bonds is 4. The number of benzene rings is 1. The summed E-state index contributed by atoms with van der Waals surface area (Å²) in [4.78, 5) is 21.6. The highest BCUT2D eigenvalue weighted by atomic mass is 19.4. The molecule has 0 aromatic heterocycles. The summed E-state index contributed by atoms with van der Waals surface area (Å²) in [6.45, 7) is -1.55. The van der Waals surface area contributed by atoms with Crippen molar-refractivity contribution in [1.82, 2.24) is 5.32 Å². The van der Waals surface area contributed by atoms with Gasteiger partial charge in [-0.25, -0.2) is 0 Å². The van der Waals surface area contributed by atoms with Crippen molar-refractivity contribution in [2.75, 3.05) is 18.9 Å². The molecule has 6 nitrogen and oxygen atoms in total. The van der Waals surface area contributed by atoms with Gasteiger partial charge in [0.2, 0.25) is 0 Å². The number of carbonyl (C=O) groups excluding carboxylic acids is 1. The number of amides is 1. The number of alkyl halides is 3. The van der Waals surface area contributed by atoms with Crippen molar-refractivity contribution in [3.8, 4) is 0 Å². The highest BCUT2D eigenvalue weighted by Gasteiger charge is 2.30. The Labute approximate surface area is 105 Å². The number of halogens is 3. The average Bonchev–Trinajstić information content (AvgIpc) is 2.33. The van der Waals surface area contributed by atoms with Crippen LogP contribution in [0.5, 0.6) is 0 Å². The molecule has 0 heterocycles. The number of nitrogens with one attached hydrogen (secondary N) is 2. The maximum absolute atomic E-state index is 12.0. The Bertz CT molecular complexity index is 503. The number of nitro groups is 1. The molecule has 0 atom stereocenters. The first kappa shape index (κ1) is 14.7. The molecule has 1 amide bonds. The van der Waals surface area contributed by atoms with Crippen LogP contribution < -0.4 is 10.6 Å². The molecule has 0 unspecified atom stereocenters. The van der Waals surface area contributed by atoms with Crippen molar-refractivity contribution in [3.63, 3.8) is 0 Å². The Hall–Kier alpha value is -2.32. The van der Waals surface area contributed by atoms with E-state index in [2.05, 4.69) is 5.32 Å². The lowest BCUT2D eigenvalue weighted by Crippen LogP contribution is -2.34. The first-order chi connectivity index (χ1) is 8.76. The fourth-order valence-corrected chi connectivity index (χ4v) is 1.40. The summed E-state index contributed by atoms with van der Waals surface area (Å²) in [5, 5.41) is 15.0. The van der Waals surface area contributed by atoms with Crippen LogP contribution in [0.1, 0.15) is 10.4 Å². The zero-order valence-corrected chi connectivity index (χ0v) is 9.75. The highest BCUT2D eigenvalue weighted by Crippen LogP contribution is 2.28. The van der Waals surface area contributed by atoms with Crippen molar-refractivity contribution in [3.05, 3.63) is 33.9 Å². The van der Waals surface area contributed by atoms with Crippen LogP contribution in [-0.2, 0) is 0 Å². The number of anilines is 1. The average molecular weight is 277 g/mol. The summed E-state index contributed by atoms with van der Waals surface area (Å²) in [6, 6.07) is 3.77.